The summed E-state index contributed by atoms with van der Waals surface area (Å²) < 4.78 is 16.7. The molecule has 0 saturated carbocycles. The summed E-state index contributed by atoms with van der Waals surface area (Å²) in [4.78, 5) is 15.4. The Morgan fingerprint density at radius 3 is 2.67 bits per heavy atom. The topological polar surface area (TPSA) is 63.9 Å². The SMILES string of the molecule is COCc1c(C(=O)NCC(c2ccccc2Cl)N2CCOCC2)oc2ccccc12. The Balaban J connectivity index is 1.58. The fraction of sp³-hybridized carbons (Fsp3) is 0.348. The molecule has 4 rings (SSSR count). The van der Waals surface area contributed by atoms with E-state index >= 15 is 0 Å². The van der Waals surface area contributed by atoms with Crippen LogP contribution in [0.2, 0.25) is 5.02 Å². The number of benzene rings is 2. The highest BCUT2D eigenvalue weighted by Crippen LogP contribution is 2.29. The van der Waals surface area contributed by atoms with Gasteiger partial charge in [-0.15, -0.1) is 0 Å². The highest BCUT2D eigenvalue weighted by Gasteiger charge is 2.26. The standard InChI is InChI=1S/C23H25ClN2O4/c1-28-15-18-16-6-3-5-9-21(16)30-22(18)23(27)25-14-20(26-10-12-29-13-11-26)17-7-2-4-8-19(17)24/h2-9,20H,10-15H2,1H3,(H,25,27). The Kier molecular flexibility index (Phi) is 6.69. The fourth-order valence-corrected chi connectivity index (χ4v) is 4.17. The number of carbonyl (C=O) groups is 1. The summed E-state index contributed by atoms with van der Waals surface area (Å²) in [5.41, 5.74) is 2.42. The number of rotatable bonds is 7. The predicted octanol–water partition coefficient (Wildman–Crippen LogP) is 4.04. The molecule has 158 valence electrons. The number of nitrogens with zero attached hydrogens (tertiary/aromatic N) is 1. The zero-order valence-electron chi connectivity index (χ0n) is 16.9. The van der Waals surface area contributed by atoms with Crippen molar-refractivity contribution in [1.82, 2.24) is 10.2 Å². The van der Waals surface area contributed by atoms with Gasteiger partial charge in [0, 0.05) is 42.7 Å². The van der Waals surface area contributed by atoms with E-state index in [1.165, 1.54) is 0 Å². The van der Waals surface area contributed by atoms with Crippen LogP contribution in [0.5, 0.6) is 0 Å². The Labute approximate surface area is 180 Å². The normalized spacial score (nSPS) is 15.9. The summed E-state index contributed by atoms with van der Waals surface area (Å²) in [6.45, 7) is 3.60. The van der Waals surface area contributed by atoms with Crippen molar-refractivity contribution >= 4 is 28.5 Å². The second kappa shape index (κ2) is 9.62. The average Bonchev–Trinajstić information content (AvgIpc) is 3.15. The van der Waals surface area contributed by atoms with Crippen LogP contribution in [0, 0.1) is 0 Å². The van der Waals surface area contributed by atoms with Crippen molar-refractivity contribution in [1.29, 1.82) is 0 Å². The van der Waals surface area contributed by atoms with Crippen molar-refractivity contribution in [2.75, 3.05) is 40.0 Å². The first-order valence-electron chi connectivity index (χ1n) is 10.0. The Hall–Kier alpha value is -2.38. The molecular weight excluding hydrogens is 404 g/mol. The van der Waals surface area contributed by atoms with E-state index in [1.807, 2.05) is 48.5 Å². The van der Waals surface area contributed by atoms with Crippen LogP contribution in [-0.2, 0) is 16.1 Å². The van der Waals surface area contributed by atoms with E-state index in [4.69, 9.17) is 25.5 Å². The van der Waals surface area contributed by atoms with Gasteiger partial charge >= 0.3 is 0 Å². The molecule has 1 aromatic heterocycles. The van der Waals surface area contributed by atoms with Gasteiger partial charge in [-0.05, 0) is 17.7 Å². The molecule has 2 aromatic carbocycles. The largest absolute Gasteiger partial charge is 0.451 e. The number of hydrogen-bond acceptors (Lipinski definition) is 5. The van der Waals surface area contributed by atoms with Gasteiger partial charge in [0.15, 0.2) is 5.76 Å². The molecule has 7 heteroatoms. The first-order valence-corrected chi connectivity index (χ1v) is 10.4. The van der Waals surface area contributed by atoms with E-state index in [9.17, 15) is 4.79 Å². The van der Waals surface area contributed by atoms with Gasteiger partial charge < -0.3 is 19.2 Å². The Morgan fingerprint density at radius 2 is 1.90 bits per heavy atom. The summed E-state index contributed by atoms with van der Waals surface area (Å²) in [6.07, 6.45) is 0. The minimum Gasteiger partial charge on any atom is -0.451 e. The number of fused-ring (bicyclic) bond motifs is 1. The van der Waals surface area contributed by atoms with Crippen LogP contribution in [-0.4, -0.2) is 50.8 Å². The third-order valence-electron chi connectivity index (χ3n) is 5.40. The lowest BCUT2D eigenvalue weighted by atomic mass is 10.0. The molecule has 1 unspecified atom stereocenters. The molecule has 30 heavy (non-hydrogen) atoms. The minimum atomic E-state index is -0.261. The van der Waals surface area contributed by atoms with Crippen LogP contribution in [0.1, 0.15) is 27.7 Å². The van der Waals surface area contributed by atoms with Crippen molar-refractivity contribution in [2.24, 2.45) is 0 Å². The smallest absolute Gasteiger partial charge is 0.287 e. The van der Waals surface area contributed by atoms with Crippen molar-refractivity contribution in [3.05, 3.63) is 70.4 Å². The molecule has 1 amide bonds. The summed E-state index contributed by atoms with van der Waals surface area (Å²) in [7, 11) is 1.61. The first kappa shape index (κ1) is 20.9. The molecule has 2 heterocycles. The molecule has 6 nitrogen and oxygen atoms in total. The molecule has 1 N–H and O–H groups in total. The molecule has 1 aliphatic heterocycles. The van der Waals surface area contributed by atoms with Gasteiger partial charge in [-0.2, -0.15) is 0 Å². The molecule has 0 spiro atoms. The second-order valence-corrected chi connectivity index (χ2v) is 7.64. The van der Waals surface area contributed by atoms with Crippen LogP contribution in [0.4, 0.5) is 0 Å². The Morgan fingerprint density at radius 1 is 1.17 bits per heavy atom. The maximum Gasteiger partial charge on any atom is 0.287 e. The molecule has 1 aliphatic rings. The lowest BCUT2D eigenvalue weighted by molar-refractivity contribution is 0.0161. The molecule has 0 radical (unpaired) electrons. The summed E-state index contributed by atoms with van der Waals surface area (Å²) in [5.74, 6) is 0.0292. The van der Waals surface area contributed by atoms with E-state index in [1.54, 1.807) is 7.11 Å². The van der Waals surface area contributed by atoms with E-state index in [-0.39, 0.29) is 17.7 Å². The number of halogens is 1. The van der Waals surface area contributed by atoms with Crippen LogP contribution in [0.3, 0.4) is 0 Å². The molecule has 1 atom stereocenters. The fourth-order valence-electron chi connectivity index (χ4n) is 3.91. The number of nitrogens with one attached hydrogen (secondary N) is 1. The highest BCUT2D eigenvalue weighted by atomic mass is 35.5. The van der Waals surface area contributed by atoms with E-state index in [0.29, 0.717) is 37.0 Å². The van der Waals surface area contributed by atoms with Gasteiger partial charge in [0.25, 0.3) is 5.91 Å². The maximum absolute atomic E-state index is 13.1. The number of ether oxygens (including phenoxy) is 2. The van der Waals surface area contributed by atoms with E-state index in [2.05, 4.69) is 10.2 Å². The quantitative estimate of drug-likeness (QED) is 0.615. The maximum atomic E-state index is 13.1. The van der Waals surface area contributed by atoms with Crippen molar-refractivity contribution in [3.63, 3.8) is 0 Å². The van der Waals surface area contributed by atoms with Crippen LogP contribution in [0.25, 0.3) is 11.0 Å². The lowest BCUT2D eigenvalue weighted by Gasteiger charge is -2.35. The zero-order valence-corrected chi connectivity index (χ0v) is 17.7. The molecule has 1 fully saturated rings. The number of amides is 1. The molecule has 3 aromatic rings. The molecule has 0 aliphatic carbocycles. The number of carbonyl (C=O) groups excluding carboxylic acids is 1. The van der Waals surface area contributed by atoms with Crippen molar-refractivity contribution in [3.8, 4) is 0 Å². The van der Waals surface area contributed by atoms with Crippen molar-refractivity contribution < 1.29 is 18.7 Å². The summed E-state index contributed by atoms with van der Waals surface area (Å²) in [6, 6.07) is 15.3. The Bertz CT molecular complexity index is 1010. The van der Waals surface area contributed by atoms with Gasteiger partial charge in [0.2, 0.25) is 0 Å². The number of methoxy groups -OCH3 is 1. The molecule has 1 saturated heterocycles. The van der Waals surface area contributed by atoms with E-state index < -0.39 is 0 Å². The summed E-state index contributed by atoms with van der Waals surface area (Å²) >= 11 is 6.48. The summed E-state index contributed by atoms with van der Waals surface area (Å²) in [5, 5.41) is 4.63. The third kappa shape index (κ3) is 4.37. The average molecular weight is 429 g/mol. The monoisotopic (exact) mass is 428 g/mol. The van der Waals surface area contributed by atoms with Gasteiger partial charge in [-0.1, -0.05) is 48.0 Å². The van der Waals surface area contributed by atoms with Gasteiger partial charge in [0.1, 0.15) is 5.58 Å². The van der Waals surface area contributed by atoms with Gasteiger partial charge in [0.05, 0.1) is 25.9 Å². The zero-order chi connectivity index (χ0) is 20.9. The van der Waals surface area contributed by atoms with Crippen LogP contribution in [0.15, 0.2) is 52.9 Å². The lowest BCUT2D eigenvalue weighted by Crippen LogP contribution is -2.44. The van der Waals surface area contributed by atoms with Crippen LogP contribution < -0.4 is 5.32 Å². The highest BCUT2D eigenvalue weighted by molar-refractivity contribution is 6.31. The van der Waals surface area contributed by atoms with E-state index in [0.717, 1.165) is 29.6 Å². The van der Waals surface area contributed by atoms with Crippen molar-refractivity contribution in [2.45, 2.75) is 12.6 Å². The molecule has 0 bridgehead atoms. The number of para-hydroxylation sites is 1. The van der Waals surface area contributed by atoms with Gasteiger partial charge in [-0.25, -0.2) is 0 Å². The predicted molar refractivity (Wildman–Crippen MR) is 116 cm³/mol. The third-order valence-corrected chi connectivity index (χ3v) is 5.74. The number of hydrogen-bond donors (Lipinski definition) is 1. The van der Waals surface area contributed by atoms with Crippen LogP contribution >= 0.6 is 11.6 Å². The van der Waals surface area contributed by atoms with Gasteiger partial charge in [-0.3, -0.25) is 9.69 Å². The molecular formula is C23H25ClN2O4. The first-order chi connectivity index (χ1) is 14.7. The second-order valence-electron chi connectivity index (χ2n) is 7.23. The number of morpholine rings is 1. The minimum absolute atomic E-state index is 0.0539. The number of furan rings is 1.